The molecule has 28 heavy (non-hydrogen) atoms. The molecule has 2 N–H and O–H groups in total. The van der Waals surface area contributed by atoms with Gasteiger partial charge in [0.2, 0.25) is 5.95 Å². The van der Waals surface area contributed by atoms with Crippen molar-refractivity contribution < 1.29 is 9.53 Å². The third-order valence-corrected chi connectivity index (χ3v) is 4.02. The number of hydrogen-bond acceptors (Lipinski definition) is 5. The maximum Gasteiger partial charge on any atom is 0.258 e. The van der Waals surface area contributed by atoms with Gasteiger partial charge in [-0.2, -0.15) is 0 Å². The average Bonchev–Trinajstić information content (AvgIpc) is 2.70. The van der Waals surface area contributed by atoms with E-state index in [9.17, 15) is 4.79 Å². The third kappa shape index (κ3) is 5.30. The highest BCUT2D eigenvalue weighted by molar-refractivity contribution is 6.03. The van der Waals surface area contributed by atoms with Crippen LogP contribution in [0.2, 0.25) is 0 Å². The van der Waals surface area contributed by atoms with Gasteiger partial charge in [-0.1, -0.05) is 19.1 Å². The summed E-state index contributed by atoms with van der Waals surface area (Å²) >= 11 is 0. The molecule has 2 aromatic carbocycles. The Morgan fingerprint density at radius 3 is 2.14 bits per heavy atom. The summed E-state index contributed by atoms with van der Waals surface area (Å²) in [6.07, 6.45) is 4.10. The molecule has 0 saturated heterocycles. The molecule has 0 saturated carbocycles. The van der Waals surface area contributed by atoms with E-state index in [1.165, 1.54) is 18.0 Å². The molecule has 3 rings (SSSR count). The SMILES string of the molecule is CCc1ccc(Nc2ncc(C(=O)Nc3ccc(OC(C)C)cc3)cn2)cc1. The minimum atomic E-state index is -0.267. The number of ether oxygens (including phenoxy) is 1. The predicted molar refractivity (Wildman–Crippen MR) is 111 cm³/mol. The molecule has 0 aliphatic rings. The molecule has 6 heteroatoms. The normalized spacial score (nSPS) is 10.6. The van der Waals surface area contributed by atoms with Crippen LogP contribution in [0.25, 0.3) is 0 Å². The summed E-state index contributed by atoms with van der Waals surface area (Å²) in [6, 6.07) is 15.3. The topological polar surface area (TPSA) is 76.1 Å². The zero-order valence-corrected chi connectivity index (χ0v) is 16.3. The van der Waals surface area contributed by atoms with Crippen LogP contribution in [0.1, 0.15) is 36.7 Å². The summed E-state index contributed by atoms with van der Waals surface area (Å²) in [5.74, 6) is 0.936. The van der Waals surface area contributed by atoms with Crippen molar-refractivity contribution in [2.75, 3.05) is 10.6 Å². The van der Waals surface area contributed by atoms with Gasteiger partial charge in [-0.05, 0) is 62.2 Å². The summed E-state index contributed by atoms with van der Waals surface area (Å²) in [5.41, 5.74) is 3.23. The van der Waals surface area contributed by atoms with Crippen molar-refractivity contribution in [3.05, 3.63) is 72.1 Å². The summed E-state index contributed by atoms with van der Waals surface area (Å²) in [7, 11) is 0. The lowest BCUT2D eigenvalue weighted by Crippen LogP contribution is -2.13. The van der Waals surface area contributed by atoms with Crippen molar-refractivity contribution in [1.82, 2.24) is 9.97 Å². The lowest BCUT2D eigenvalue weighted by atomic mass is 10.1. The fraction of sp³-hybridized carbons (Fsp3) is 0.227. The average molecular weight is 376 g/mol. The van der Waals surface area contributed by atoms with Crippen molar-refractivity contribution in [1.29, 1.82) is 0 Å². The first kappa shape index (κ1) is 19.4. The van der Waals surface area contributed by atoms with Crippen LogP contribution in [-0.2, 0) is 6.42 Å². The Morgan fingerprint density at radius 1 is 0.964 bits per heavy atom. The van der Waals surface area contributed by atoms with Gasteiger partial charge in [-0.3, -0.25) is 4.79 Å². The van der Waals surface area contributed by atoms with Crippen LogP contribution in [0.4, 0.5) is 17.3 Å². The smallest absolute Gasteiger partial charge is 0.258 e. The second kappa shape index (κ2) is 8.99. The molecule has 0 fully saturated rings. The zero-order valence-electron chi connectivity index (χ0n) is 16.3. The lowest BCUT2D eigenvalue weighted by molar-refractivity contribution is 0.102. The number of carbonyl (C=O) groups is 1. The minimum Gasteiger partial charge on any atom is -0.491 e. The number of carbonyl (C=O) groups excluding carboxylic acids is 1. The predicted octanol–water partition coefficient (Wildman–Crippen LogP) is 4.82. The molecule has 0 aliphatic carbocycles. The largest absolute Gasteiger partial charge is 0.491 e. The molecule has 0 radical (unpaired) electrons. The Bertz CT molecular complexity index is 905. The molecule has 0 spiro atoms. The van der Waals surface area contributed by atoms with Gasteiger partial charge < -0.3 is 15.4 Å². The fourth-order valence-electron chi connectivity index (χ4n) is 2.55. The van der Waals surface area contributed by atoms with Crippen molar-refractivity contribution in [2.24, 2.45) is 0 Å². The number of amides is 1. The number of hydrogen-bond donors (Lipinski definition) is 2. The van der Waals surface area contributed by atoms with E-state index in [0.717, 1.165) is 17.9 Å². The Balaban J connectivity index is 1.59. The van der Waals surface area contributed by atoms with E-state index in [4.69, 9.17) is 4.74 Å². The van der Waals surface area contributed by atoms with Crippen LogP contribution in [0, 0.1) is 0 Å². The number of benzene rings is 2. The van der Waals surface area contributed by atoms with Crippen LogP contribution >= 0.6 is 0 Å². The molecule has 1 amide bonds. The van der Waals surface area contributed by atoms with Crippen LogP contribution in [0.5, 0.6) is 5.75 Å². The van der Waals surface area contributed by atoms with E-state index in [1.807, 2.05) is 38.1 Å². The number of nitrogens with one attached hydrogen (secondary N) is 2. The maximum atomic E-state index is 12.4. The summed E-state index contributed by atoms with van der Waals surface area (Å²) < 4.78 is 5.59. The molecular formula is C22H24N4O2. The van der Waals surface area contributed by atoms with Gasteiger partial charge in [-0.15, -0.1) is 0 Å². The van der Waals surface area contributed by atoms with E-state index >= 15 is 0 Å². The second-order valence-corrected chi connectivity index (χ2v) is 6.62. The molecule has 0 aliphatic heterocycles. The van der Waals surface area contributed by atoms with Gasteiger partial charge in [0, 0.05) is 23.8 Å². The number of aryl methyl sites for hydroxylation is 1. The summed E-state index contributed by atoms with van der Waals surface area (Å²) in [5, 5.41) is 5.95. The van der Waals surface area contributed by atoms with Gasteiger partial charge in [0.15, 0.2) is 0 Å². The quantitative estimate of drug-likeness (QED) is 0.618. The van der Waals surface area contributed by atoms with E-state index < -0.39 is 0 Å². The molecule has 1 aromatic heterocycles. The molecular weight excluding hydrogens is 352 g/mol. The van der Waals surface area contributed by atoms with Gasteiger partial charge in [0.1, 0.15) is 5.75 Å². The molecule has 0 atom stereocenters. The molecule has 1 heterocycles. The number of aromatic nitrogens is 2. The number of anilines is 3. The Morgan fingerprint density at radius 2 is 1.57 bits per heavy atom. The Hall–Kier alpha value is -3.41. The van der Waals surface area contributed by atoms with Crippen molar-refractivity contribution >= 4 is 23.2 Å². The van der Waals surface area contributed by atoms with E-state index in [1.54, 1.807) is 12.1 Å². The van der Waals surface area contributed by atoms with Crippen LogP contribution < -0.4 is 15.4 Å². The molecule has 144 valence electrons. The first-order valence-electron chi connectivity index (χ1n) is 9.29. The van der Waals surface area contributed by atoms with Crippen LogP contribution in [0.3, 0.4) is 0 Å². The van der Waals surface area contributed by atoms with E-state index in [2.05, 4.69) is 39.7 Å². The van der Waals surface area contributed by atoms with Gasteiger partial charge in [0.05, 0.1) is 11.7 Å². The zero-order chi connectivity index (χ0) is 19.9. The standard InChI is InChI=1S/C22H24N4O2/c1-4-16-5-7-19(8-6-16)26-22-23-13-17(14-24-22)21(27)25-18-9-11-20(12-10-18)28-15(2)3/h5-15H,4H2,1-3H3,(H,25,27)(H,23,24,26). The molecule has 0 bridgehead atoms. The van der Waals surface area contributed by atoms with E-state index in [0.29, 0.717) is 17.2 Å². The summed E-state index contributed by atoms with van der Waals surface area (Å²) in [6.45, 7) is 6.05. The first-order chi connectivity index (χ1) is 13.5. The fourth-order valence-corrected chi connectivity index (χ4v) is 2.55. The van der Waals surface area contributed by atoms with Crippen molar-refractivity contribution in [2.45, 2.75) is 33.3 Å². The number of rotatable bonds is 7. The Labute approximate surface area is 165 Å². The highest BCUT2D eigenvalue weighted by atomic mass is 16.5. The summed E-state index contributed by atoms with van der Waals surface area (Å²) in [4.78, 5) is 20.8. The highest BCUT2D eigenvalue weighted by Crippen LogP contribution is 2.18. The molecule has 3 aromatic rings. The molecule has 6 nitrogen and oxygen atoms in total. The van der Waals surface area contributed by atoms with Gasteiger partial charge in [0.25, 0.3) is 5.91 Å². The van der Waals surface area contributed by atoms with Gasteiger partial charge >= 0.3 is 0 Å². The minimum absolute atomic E-state index is 0.106. The third-order valence-electron chi connectivity index (χ3n) is 4.02. The Kier molecular flexibility index (Phi) is 6.22. The second-order valence-electron chi connectivity index (χ2n) is 6.62. The van der Waals surface area contributed by atoms with E-state index in [-0.39, 0.29) is 12.0 Å². The van der Waals surface area contributed by atoms with Crippen LogP contribution in [0.15, 0.2) is 60.9 Å². The highest BCUT2D eigenvalue weighted by Gasteiger charge is 2.08. The van der Waals surface area contributed by atoms with Crippen molar-refractivity contribution in [3.63, 3.8) is 0 Å². The lowest BCUT2D eigenvalue weighted by Gasteiger charge is -2.10. The van der Waals surface area contributed by atoms with Crippen molar-refractivity contribution in [3.8, 4) is 5.75 Å². The van der Waals surface area contributed by atoms with Gasteiger partial charge in [-0.25, -0.2) is 9.97 Å². The first-order valence-corrected chi connectivity index (χ1v) is 9.29. The maximum absolute atomic E-state index is 12.4. The monoisotopic (exact) mass is 376 g/mol. The molecule has 0 unspecified atom stereocenters. The van der Waals surface area contributed by atoms with Crippen LogP contribution in [-0.4, -0.2) is 22.0 Å². The number of nitrogens with zero attached hydrogens (tertiary/aromatic N) is 2.